The fourth-order valence-electron chi connectivity index (χ4n) is 12.7. The Bertz CT molecular complexity index is 3830. The Balaban J connectivity index is 0.909. The Morgan fingerprint density at radius 1 is 0.382 bits per heavy atom. The third-order valence-corrected chi connectivity index (χ3v) is 16.9. The molecule has 0 fully saturated rings. The Hall–Kier alpha value is -7.78. The Morgan fingerprint density at radius 3 is 1.66 bits per heavy atom. The minimum absolute atomic E-state index is 0.115. The zero-order valence-corrected chi connectivity index (χ0v) is 38.9. The molecule has 1 aromatic heterocycles. The topological polar surface area (TPSA) is 3.24 Å². The van der Waals surface area contributed by atoms with Crippen molar-refractivity contribution in [3.63, 3.8) is 0 Å². The molecule has 1 atom stereocenters. The predicted molar refractivity (Wildman–Crippen MR) is 288 cm³/mol. The van der Waals surface area contributed by atoms with Crippen LogP contribution in [0.4, 0.5) is 17.1 Å². The Morgan fingerprint density at radius 2 is 0.897 bits per heavy atom. The van der Waals surface area contributed by atoms with E-state index in [0.29, 0.717) is 0 Å². The first-order chi connectivity index (χ1) is 33.5. The molecule has 1 heterocycles. The number of anilines is 3. The molecular formula is C66H47NS. The zero-order valence-electron chi connectivity index (χ0n) is 38.1. The average molecular weight is 886 g/mol. The van der Waals surface area contributed by atoms with Crippen molar-refractivity contribution in [2.24, 2.45) is 0 Å². The van der Waals surface area contributed by atoms with Crippen molar-refractivity contribution in [1.82, 2.24) is 0 Å². The van der Waals surface area contributed by atoms with E-state index in [9.17, 15) is 0 Å². The van der Waals surface area contributed by atoms with Crippen LogP contribution in [0.2, 0.25) is 0 Å². The van der Waals surface area contributed by atoms with Crippen LogP contribution in [0.3, 0.4) is 0 Å². The van der Waals surface area contributed by atoms with Gasteiger partial charge in [-0.1, -0.05) is 196 Å². The minimum atomic E-state index is -0.182. The molecule has 2 heteroatoms. The van der Waals surface area contributed by atoms with Gasteiger partial charge >= 0.3 is 0 Å². The molecular weight excluding hydrogens is 839 g/mol. The van der Waals surface area contributed by atoms with E-state index in [1.54, 1.807) is 0 Å². The van der Waals surface area contributed by atoms with Gasteiger partial charge in [-0.25, -0.2) is 0 Å². The molecule has 0 radical (unpaired) electrons. The molecule has 0 N–H and O–H groups in total. The fourth-order valence-corrected chi connectivity index (χ4v) is 13.9. The van der Waals surface area contributed by atoms with Gasteiger partial charge in [0.2, 0.25) is 0 Å². The SMILES string of the molecule is CC1(C)c2ccccc2-c2cccc(-c3ccccc3-c3ccc(N(c4ccc(-c5cccc6c5sc5ccccc56)cc4)c4ccc5c(c4)C4(CCc6ccccc64)c4ccccc4-5)cc3)c21. The molecule has 11 aromatic rings. The van der Waals surface area contributed by atoms with E-state index in [1.165, 1.54) is 109 Å². The molecule has 0 aliphatic heterocycles. The quantitative estimate of drug-likeness (QED) is 0.161. The lowest BCUT2D eigenvalue weighted by molar-refractivity contribution is 0.626. The first-order valence-electron chi connectivity index (χ1n) is 24.0. The molecule has 3 aliphatic rings. The van der Waals surface area contributed by atoms with Gasteiger partial charge < -0.3 is 4.90 Å². The first-order valence-corrected chi connectivity index (χ1v) is 24.9. The molecule has 1 spiro atoms. The summed E-state index contributed by atoms with van der Waals surface area (Å²) in [7, 11) is 0. The maximum atomic E-state index is 2.52. The van der Waals surface area contributed by atoms with E-state index in [4.69, 9.17) is 0 Å². The van der Waals surface area contributed by atoms with Gasteiger partial charge in [0, 0.05) is 48.1 Å². The lowest BCUT2D eigenvalue weighted by atomic mass is 9.73. The summed E-state index contributed by atoms with van der Waals surface area (Å²) in [5.74, 6) is 0. The van der Waals surface area contributed by atoms with E-state index in [-0.39, 0.29) is 10.8 Å². The van der Waals surface area contributed by atoms with Gasteiger partial charge in [0.05, 0.1) is 0 Å². The van der Waals surface area contributed by atoms with Gasteiger partial charge in [-0.3, -0.25) is 0 Å². The second-order valence-corrected chi connectivity index (χ2v) is 20.5. The van der Waals surface area contributed by atoms with Gasteiger partial charge in [0.25, 0.3) is 0 Å². The number of nitrogens with zero attached hydrogens (tertiary/aromatic N) is 1. The highest BCUT2D eigenvalue weighted by Gasteiger charge is 2.48. The van der Waals surface area contributed by atoms with Gasteiger partial charge in [0.15, 0.2) is 0 Å². The number of thiophene rings is 1. The molecule has 68 heavy (non-hydrogen) atoms. The summed E-state index contributed by atoms with van der Waals surface area (Å²) in [6, 6.07) is 84.5. The molecule has 0 saturated heterocycles. The molecule has 10 aromatic carbocycles. The highest BCUT2D eigenvalue weighted by Crippen LogP contribution is 2.59. The van der Waals surface area contributed by atoms with Gasteiger partial charge in [-0.2, -0.15) is 0 Å². The normalized spacial score (nSPS) is 15.9. The summed E-state index contributed by atoms with van der Waals surface area (Å²) in [5.41, 5.74) is 24.6. The van der Waals surface area contributed by atoms with Crippen molar-refractivity contribution < 1.29 is 0 Å². The van der Waals surface area contributed by atoms with Crippen LogP contribution in [-0.2, 0) is 17.3 Å². The largest absolute Gasteiger partial charge is 0.310 e. The van der Waals surface area contributed by atoms with E-state index >= 15 is 0 Å². The highest BCUT2D eigenvalue weighted by atomic mass is 32.1. The van der Waals surface area contributed by atoms with Crippen LogP contribution < -0.4 is 4.90 Å². The van der Waals surface area contributed by atoms with Crippen molar-refractivity contribution in [3.8, 4) is 55.6 Å². The molecule has 0 saturated carbocycles. The van der Waals surface area contributed by atoms with Crippen LogP contribution in [0, 0.1) is 0 Å². The summed E-state index contributed by atoms with van der Waals surface area (Å²) in [5, 5.41) is 2.65. The van der Waals surface area contributed by atoms with Gasteiger partial charge in [0.1, 0.15) is 0 Å². The lowest BCUT2D eigenvalue weighted by Gasteiger charge is -2.31. The zero-order chi connectivity index (χ0) is 45.1. The smallest absolute Gasteiger partial charge is 0.0470 e. The van der Waals surface area contributed by atoms with E-state index in [0.717, 1.165) is 29.9 Å². The van der Waals surface area contributed by atoms with Crippen molar-refractivity contribution in [2.75, 3.05) is 4.90 Å². The lowest BCUT2D eigenvalue weighted by Crippen LogP contribution is -2.24. The Labute approximate surface area is 402 Å². The van der Waals surface area contributed by atoms with Crippen molar-refractivity contribution in [3.05, 3.63) is 258 Å². The van der Waals surface area contributed by atoms with Crippen molar-refractivity contribution in [2.45, 2.75) is 37.5 Å². The van der Waals surface area contributed by atoms with E-state index in [2.05, 4.69) is 243 Å². The summed E-state index contributed by atoms with van der Waals surface area (Å²) in [4.78, 5) is 2.47. The average Bonchev–Trinajstić information content (AvgIpc) is 4.12. The van der Waals surface area contributed by atoms with Crippen LogP contribution in [-0.4, -0.2) is 0 Å². The van der Waals surface area contributed by atoms with Crippen LogP contribution in [0.1, 0.15) is 53.6 Å². The van der Waals surface area contributed by atoms with Gasteiger partial charge in [-0.05, 0) is 144 Å². The second kappa shape index (κ2) is 14.9. The monoisotopic (exact) mass is 885 g/mol. The van der Waals surface area contributed by atoms with Crippen LogP contribution in [0.25, 0.3) is 75.8 Å². The number of benzene rings is 10. The second-order valence-electron chi connectivity index (χ2n) is 19.5. The van der Waals surface area contributed by atoms with Crippen molar-refractivity contribution in [1.29, 1.82) is 0 Å². The highest BCUT2D eigenvalue weighted by molar-refractivity contribution is 7.26. The van der Waals surface area contributed by atoms with Crippen molar-refractivity contribution >= 4 is 48.6 Å². The third-order valence-electron chi connectivity index (χ3n) is 15.7. The number of hydrogen-bond acceptors (Lipinski definition) is 2. The molecule has 1 nitrogen and oxygen atoms in total. The molecule has 0 amide bonds. The van der Waals surface area contributed by atoms with Crippen LogP contribution in [0.15, 0.2) is 224 Å². The van der Waals surface area contributed by atoms with E-state index < -0.39 is 0 Å². The fraction of sp³-hybridized carbons (Fsp3) is 0.0909. The van der Waals surface area contributed by atoms with Gasteiger partial charge in [-0.15, -0.1) is 11.3 Å². The summed E-state index contributed by atoms with van der Waals surface area (Å²) in [6.07, 6.45) is 2.14. The maximum absolute atomic E-state index is 2.52. The first kappa shape index (κ1) is 39.4. The number of hydrogen-bond donors (Lipinski definition) is 0. The molecule has 3 aliphatic carbocycles. The Kier molecular flexibility index (Phi) is 8.61. The molecule has 1 unspecified atom stereocenters. The number of rotatable bonds is 6. The summed E-state index contributed by atoms with van der Waals surface area (Å²) >= 11 is 1.89. The number of aryl methyl sites for hydroxylation is 1. The number of fused-ring (bicyclic) bond motifs is 13. The molecule has 14 rings (SSSR count). The minimum Gasteiger partial charge on any atom is -0.310 e. The standard InChI is InChI=1S/C66H47NS/c1-65(2)59-26-10-6-19-52(59)56-23-14-22-55(63(56)65)50-17-5-4-16-48(50)42-29-33-45(34-30-42)67(46-35-31-43(32-36-46)49-21-13-24-57-54-20-8-12-28-62(54)68-64(49)57)47-37-38-53-51-18-7-11-27-60(51)66(61(53)41-47)40-39-44-15-3-9-25-58(44)66/h3-38,41H,39-40H2,1-2H3. The maximum Gasteiger partial charge on any atom is 0.0470 e. The summed E-state index contributed by atoms with van der Waals surface area (Å²) in [6.45, 7) is 4.77. The third kappa shape index (κ3) is 5.62. The van der Waals surface area contributed by atoms with Crippen LogP contribution >= 0.6 is 11.3 Å². The molecule has 0 bridgehead atoms. The molecule has 322 valence electrons. The van der Waals surface area contributed by atoms with Crippen LogP contribution in [0.5, 0.6) is 0 Å². The van der Waals surface area contributed by atoms with E-state index in [1.807, 2.05) is 11.3 Å². The summed E-state index contributed by atoms with van der Waals surface area (Å²) < 4.78 is 2.66. The predicted octanol–water partition coefficient (Wildman–Crippen LogP) is 18.1.